The number of cyclic esters (lactones) is 1. The monoisotopic (exact) mass is 252 g/mol. The predicted molar refractivity (Wildman–Crippen MR) is 67.8 cm³/mol. The van der Waals surface area contributed by atoms with E-state index in [1.165, 1.54) is 0 Å². The van der Waals surface area contributed by atoms with Crippen LogP contribution in [0.3, 0.4) is 0 Å². The third kappa shape index (κ3) is 4.35. The van der Waals surface area contributed by atoms with E-state index in [9.17, 15) is 9.59 Å². The van der Waals surface area contributed by atoms with Crippen LogP contribution in [0.1, 0.15) is 33.6 Å². The number of carbonyl (C=O) groups is 2. The summed E-state index contributed by atoms with van der Waals surface area (Å²) in [4.78, 5) is 23.2. The van der Waals surface area contributed by atoms with E-state index in [2.05, 4.69) is 0 Å². The Balaban J connectivity index is 2.79. The number of carbonyl (C=O) groups excluding carboxylic acids is 2. The van der Waals surface area contributed by atoms with Gasteiger partial charge in [-0.1, -0.05) is 17.7 Å². The summed E-state index contributed by atoms with van der Waals surface area (Å²) >= 11 is 0. The second-order valence-corrected chi connectivity index (χ2v) is 4.45. The number of ether oxygens (including phenoxy) is 2. The molecule has 0 aromatic heterocycles. The number of rotatable bonds is 5. The number of esters is 2. The molecule has 1 rings (SSSR count). The van der Waals surface area contributed by atoms with Gasteiger partial charge < -0.3 is 9.47 Å². The highest BCUT2D eigenvalue weighted by Gasteiger charge is 2.23. The third-order valence-electron chi connectivity index (χ3n) is 2.64. The van der Waals surface area contributed by atoms with Crippen molar-refractivity contribution in [2.45, 2.75) is 33.6 Å². The van der Waals surface area contributed by atoms with Crippen molar-refractivity contribution < 1.29 is 19.1 Å². The standard InChI is InChI=1S/C14H20O4/c1-4-17-13(15)11(6-5-10(2)3)9-12-7-8-18-14(12)16/h5,9,11H,4,6-8H2,1-3H3/b12-9-/t11-/m1/s1. The fourth-order valence-corrected chi connectivity index (χ4v) is 1.69. The SMILES string of the molecule is CCOC(=O)[C@@H](/C=C1/CCOC1=O)CC=C(C)C. The molecule has 0 unspecified atom stereocenters. The Kier molecular flexibility index (Phi) is 5.62. The summed E-state index contributed by atoms with van der Waals surface area (Å²) in [7, 11) is 0. The first-order valence-electron chi connectivity index (χ1n) is 6.22. The molecule has 18 heavy (non-hydrogen) atoms. The van der Waals surface area contributed by atoms with E-state index < -0.39 is 5.92 Å². The molecule has 1 aliphatic rings. The number of hydrogen-bond donors (Lipinski definition) is 0. The molecular formula is C14H20O4. The minimum Gasteiger partial charge on any atom is -0.466 e. The van der Waals surface area contributed by atoms with Crippen LogP contribution in [0.2, 0.25) is 0 Å². The normalized spacial score (nSPS) is 18.4. The second-order valence-electron chi connectivity index (χ2n) is 4.45. The molecular weight excluding hydrogens is 232 g/mol. The van der Waals surface area contributed by atoms with Gasteiger partial charge in [-0.3, -0.25) is 4.79 Å². The molecule has 1 aliphatic heterocycles. The summed E-state index contributed by atoms with van der Waals surface area (Å²) in [6.07, 6.45) is 4.78. The van der Waals surface area contributed by atoms with Gasteiger partial charge in [0.15, 0.2) is 0 Å². The van der Waals surface area contributed by atoms with Crippen LogP contribution < -0.4 is 0 Å². The maximum atomic E-state index is 11.8. The lowest BCUT2D eigenvalue weighted by Crippen LogP contribution is -2.16. The predicted octanol–water partition coefficient (Wildman–Crippen LogP) is 2.40. The average Bonchev–Trinajstić information content (AvgIpc) is 2.70. The van der Waals surface area contributed by atoms with Crippen molar-refractivity contribution in [3.63, 3.8) is 0 Å². The topological polar surface area (TPSA) is 52.6 Å². The molecule has 100 valence electrons. The molecule has 0 N–H and O–H groups in total. The van der Waals surface area contributed by atoms with E-state index in [0.29, 0.717) is 31.6 Å². The van der Waals surface area contributed by atoms with Gasteiger partial charge in [0.2, 0.25) is 0 Å². The van der Waals surface area contributed by atoms with Crippen LogP contribution in [0.15, 0.2) is 23.3 Å². The first-order chi connectivity index (χ1) is 8.54. The fourth-order valence-electron chi connectivity index (χ4n) is 1.69. The molecule has 1 heterocycles. The lowest BCUT2D eigenvalue weighted by molar-refractivity contribution is -0.146. The molecule has 0 radical (unpaired) electrons. The smallest absolute Gasteiger partial charge is 0.333 e. The van der Waals surface area contributed by atoms with Gasteiger partial charge in [-0.2, -0.15) is 0 Å². The van der Waals surface area contributed by atoms with Gasteiger partial charge in [-0.15, -0.1) is 0 Å². The minimum atomic E-state index is -0.402. The molecule has 4 nitrogen and oxygen atoms in total. The molecule has 0 amide bonds. The summed E-state index contributed by atoms with van der Waals surface area (Å²) < 4.78 is 9.87. The van der Waals surface area contributed by atoms with Crippen molar-refractivity contribution >= 4 is 11.9 Å². The third-order valence-corrected chi connectivity index (χ3v) is 2.64. The van der Waals surface area contributed by atoms with Gasteiger partial charge >= 0.3 is 11.9 Å². The van der Waals surface area contributed by atoms with Crippen molar-refractivity contribution in [2.75, 3.05) is 13.2 Å². The zero-order valence-corrected chi connectivity index (χ0v) is 11.2. The fraction of sp³-hybridized carbons (Fsp3) is 0.571. The maximum absolute atomic E-state index is 11.8. The second kappa shape index (κ2) is 6.99. The number of hydrogen-bond acceptors (Lipinski definition) is 4. The van der Waals surface area contributed by atoms with Crippen LogP contribution in [0.5, 0.6) is 0 Å². The maximum Gasteiger partial charge on any atom is 0.333 e. The molecule has 0 aromatic rings. The van der Waals surface area contributed by atoms with Crippen LogP contribution in [-0.4, -0.2) is 25.2 Å². The van der Waals surface area contributed by atoms with Gasteiger partial charge in [0.25, 0.3) is 0 Å². The van der Waals surface area contributed by atoms with Gasteiger partial charge in [0, 0.05) is 12.0 Å². The van der Waals surface area contributed by atoms with Gasteiger partial charge in [-0.25, -0.2) is 4.79 Å². The highest BCUT2D eigenvalue weighted by Crippen LogP contribution is 2.19. The minimum absolute atomic E-state index is 0.290. The highest BCUT2D eigenvalue weighted by atomic mass is 16.5. The van der Waals surface area contributed by atoms with Gasteiger partial charge in [0.1, 0.15) is 0 Å². The summed E-state index contributed by atoms with van der Waals surface area (Å²) in [5.41, 5.74) is 1.71. The Bertz CT molecular complexity index is 375. The Morgan fingerprint density at radius 3 is 2.72 bits per heavy atom. The van der Waals surface area contributed by atoms with E-state index in [4.69, 9.17) is 9.47 Å². The van der Waals surface area contributed by atoms with Crippen molar-refractivity contribution in [3.05, 3.63) is 23.3 Å². The van der Waals surface area contributed by atoms with Crippen LogP contribution in [-0.2, 0) is 19.1 Å². The van der Waals surface area contributed by atoms with E-state index in [-0.39, 0.29) is 11.9 Å². The Hall–Kier alpha value is -1.58. The largest absolute Gasteiger partial charge is 0.466 e. The number of allylic oxidation sites excluding steroid dienone is 2. The van der Waals surface area contributed by atoms with E-state index in [1.807, 2.05) is 19.9 Å². The average molecular weight is 252 g/mol. The molecule has 1 fully saturated rings. The molecule has 0 bridgehead atoms. The summed E-state index contributed by atoms with van der Waals surface area (Å²) in [5, 5.41) is 0. The van der Waals surface area contributed by atoms with Crippen LogP contribution >= 0.6 is 0 Å². The van der Waals surface area contributed by atoms with Crippen LogP contribution in [0, 0.1) is 5.92 Å². The van der Waals surface area contributed by atoms with Crippen LogP contribution in [0.4, 0.5) is 0 Å². The zero-order chi connectivity index (χ0) is 13.5. The lowest BCUT2D eigenvalue weighted by Gasteiger charge is -2.10. The molecule has 0 aliphatic carbocycles. The first kappa shape index (κ1) is 14.5. The van der Waals surface area contributed by atoms with Crippen molar-refractivity contribution in [2.24, 2.45) is 5.92 Å². The quantitative estimate of drug-likeness (QED) is 0.428. The molecule has 4 heteroatoms. The van der Waals surface area contributed by atoms with E-state index in [0.717, 1.165) is 5.57 Å². The van der Waals surface area contributed by atoms with Crippen molar-refractivity contribution in [1.82, 2.24) is 0 Å². The van der Waals surface area contributed by atoms with Crippen molar-refractivity contribution in [3.8, 4) is 0 Å². The lowest BCUT2D eigenvalue weighted by atomic mass is 10.00. The molecule has 0 saturated carbocycles. The Morgan fingerprint density at radius 2 is 2.22 bits per heavy atom. The molecule has 0 aromatic carbocycles. The summed E-state index contributed by atoms with van der Waals surface area (Å²) in [6.45, 7) is 6.46. The van der Waals surface area contributed by atoms with Gasteiger partial charge in [0.05, 0.1) is 19.1 Å². The molecule has 0 spiro atoms. The van der Waals surface area contributed by atoms with E-state index in [1.54, 1.807) is 13.0 Å². The van der Waals surface area contributed by atoms with E-state index >= 15 is 0 Å². The zero-order valence-electron chi connectivity index (χ0n) is 11.2. The highest BCUT2D eigenvalue weighted by molar-refractivity contribution is 5.91. The van der Waals surface area contributed by atoms with Crippen molar-refractivity contribution in [1.29, 1.82) is 0 Å². The van der Waals surface area contributed by atoms with Gasteiger partial charge in [-0.05, 0) is 27.2 Å². The first-order valence-corrected chi connectivity index (χ1v) is 6.22. The Labute approximate surface area is 108 Å². The van der Waals surface area contributed by atoms with Crippen LogP contribution in [0.25, 0.3) is 0 Å². The molecule has 1 saturated heterocycles. The summed E-state index contributed by atoms with van der Waals surface area (Å²) in [6, 6.07) is 0. The summed E-state index contributed by atoms with van der Waals surface area (Å²) in [5.74, 6) is -1.01. The Morgan fingerprint density at radius 1 is 1.50 bits per heavy atom. The molecule has 1 atom stereocenters.